The van der Waals surface area contributed by atoms with E-state index in [4.69, 9.17) is 11.1 Å². The SMILES string of the molecule is N=C(N)NCc1ccc([18F])c(I)c1. The minimum Gasteiger partial charge on any atom is -0.370 e. The summed E-state index contributed by atoms with van der Waals surface area (Å²) in [6.45, 7) is 0.450. The molecular weight excluding hydrogens is 283 g/mol. The van der Waals surface area contributed by atoms with E-state index in [0.29, 0.717) is 10.1 Å². The molecule has 0 amide bonds. The highest BCUT2D eigenvalue weighted by atomic mass is 127. The maximum atomic E-state index is 12.8. The summed E-state index contributed by atoms with van der Waals surface area (Å²) in [4.78, 5) is 0. The van der Waals surface area contributed by atoms with Crippen LogP contribution in [0.5, 0.6) is 0 Å². The van der Waals surface area contributed by atoms with Crippen LogP contribution in [0.3, 0.4) is 0 Å². The van der Waals surface area contributed by atoms with E-state index in [-0.39, 0.29) is 11.8 Å². The summed E-state index contributed by atoms with van der Waals surface area (Å²) in [5.74, 6) is -0.313. The van der Waals surface area contributed by atoms with Crippen molar-refractivity contribution in [2.24, 2.45) is 5.73 Å². The van der Waals surface area contributed by atoms with Gasteiger partial charge in [-0.3, -0.25) is 5.41 Å². The van der Waals surface area contributed by atoms with Crippen LogP contribution in [0.1, 0.15) is 5.56 Å². The number of hydrogen-bond acceptors (Lipinski definition) is 1. The number of halogens is 2. The van der Waals surface area contributed by atoms with Crippen molar-refractivity contribution in [3.8, 4) is 0 Å². The molecule has 1 rings (SSSR count). The molecular formula is C8H9FIN3. The average Bonchev–Trinajstić information content (AvgIpc) is 2.07. The van der Waals surface area contributed by atoms with Crippen molar-refractivity contribution in [1.82, 2.24) is 5.32 Å². The number of benzene rings is 1. The van der Waals surface area contributed by atoms with Crippen LogP contribution in [-0.2, 0) is 6.54 Å². The molecule has 1 aromatic rings. The largest absolute Gasteiger partial charge is 0.370 e. The minimum absolute atomic E-state index is 0.0840. The third-order valence-electron chi connectivity index (χ3n) is 1.47. The summed E-state index contributed by atoms with van der Waals surface area (Å²) in [5, 5.41) is 9.57. The highest BCUT2D eigenvalue weighted by Crippen LogP contribution is 2.12. The Kier molecular flexibility index (Phi) is 3.47. The van der Waals surface area contributed by atoms with Crippen LogP contribution < -0.4 is 11.1 Å². The molecule has 4 N–H and O–H groups in total. The molecule has 0 saturated carbocycles. The van der Waals surface area contributed by atoms with Crippen molar-refractivity contribution in [3.63, 3.8) is 0 Å². The third kappa shape index (κ3) is 3.17. The monoisotopic (exact) mass is 292 g/mol. The fourth-order valence-electron chi connectivity index (χ4n) is 0.847. The van der Waals surface area contributed by atoms with Gasteiger partial charge in [-0.1, -0.05) is 6.07 Å². The summed E-state index contributed by atoms with van der Waals surface area (Å²) in [6, 6.07) is 4.78. The molecule has 13 heavy (non-hydrogen) atoms. The van der Waals surface area contributed by atoms with Crippen molar-refractivity contribution >= 4 is 28.6 Å². The topological polar surface area (TPSA) is 61.9 Å². The van der Waals surface area contributed by atoms with Crippen LogP contribution in [0.25, 0.3) is 0 Å². The van der Waals surface area contributed by atoms with E-state index in [1.54, 1.807) is 12.1 Å². The van der Waals surface area contributed by atoms with Crippen molar-refractivity contribution in [1.29, 1.82) is 5.41 Å². The summed E-state index contributed by atoms with van der Waals surface area (Å²) in [5.41, 5.74) is 6.01. The molecule has 0 bridgehead atoms. The Morgan fingerprint density at radius 1 is 1.62 bits per heavy atom. The fraction of sp³-hybridized carbons (Fsp3) is 0.125. The second kappa shape index (κ2) is 4.40. The van der Waals surface area contributed by atoms with E-state index in [9.17, 15) is 4.39 Å². The number of nitrogens with one attached hydrogen (secondary N) is 2. The van der Waals surface area contributed by atoms with Gasteiger partial charge in [0.2, 0.25) is 0 Å². The van der Waals surface area contributed by atoms with E-state index in [1.165, 1.54) is 6.07 Å². The second-order valence-electron chi connectivity index (χ2n) is 2.52. The highest BCUT2D eigenvalue weighted by Gasteiger charge is 1.99. The van der Waals surface area contributed by atoms with Gasteiger partial charge in [0.1, 0.15) is 5.82 Å². The first kappa shape index (κ1) is 10.2. The molecule has 70 valence electrons. The minimum atomic E-state index is -0.229. The van der Waals surface area contributed by atoms with E-state index in [2.05, 4.69) is 5.32 Å². The van der Waals surface area contributed by atoms with Crippen LogP contribution in [0.2, 0.25) is 0 Å². The normalized spacial score (nSPS) is 9.69. The van der Waals surface area contributed by atoms with Crippen LogP contribution in [0.15, 0.2) is 18.2 Å². The highest BCUT2D eigenvalue weighted by molar-refractivity contribution is 14.1. The first-order chi connectivity index (χ1) is 6.09. The zero-order chi connectivity index (χ0) is 9.84. The van der Waals surface area contributed by atoms with Crippen molar-refractivity contribution in [3.05, 3.63) is 33.1 Å². The lowest BCUT2D eigenvalue weighted by Gasteiger charge is -2.04. The van der Waals surface area contributed by atoms with Crippen LogP contribution in [0, 0.1) is 14.8 Å². The lowest BCUT2D eigenvalue weighted by atomic mass is 10.2. The third-order valence-corrected chi connectivity index (χ3v) is 2.29. The predicted octanol–water partition coefficient (Wildman–Crippen LogP) is 1.41. The summed E-state index contributed by atoms with van der Waals surface area (Å²) in [7, 11) is 0. The molecule has 0 heterocycles. The Hall–Kier alpha value is -0.850. The van der Waals surface area contributed by atoms with Crippen LogP contribution in [-0.4, -0.2) is 5.96 Å². The smallest absolute Gasteiger partial charge is 0.185 e. The van der Waals surface area contributed by atoms with Gasteiger partial charge in [0.15, 0.2) is 5.96 Å². The molecule has 0 radical (unpaired) electrons. The van der Waals surface area contributed by atoms with Gasteiger partial charge < -0.3 is 11.1 Å². The van der Waals surface area contributed by atoms with Gasteiger partial charge in [-0.25, -0.2) is 4.39 Å². The quantitative estimate of drug-likeness (QED) is 0.438. The van der Waals surface area contributed by atoms with Gasteiger partial charge >= 0.3 is 0 Å². The van der Waals surface area contributed by atoms with E-state index >= 15 is 0 Å². The van der Waals surface area contributed by atoms with E-state index in [1.807, 2.05) is 22.6 Å². The predicted molar refractivity (Wildman–Crippen MR) is 57.9 cm³/mol. The Labute approximate surface area is 89.2 Å². The fourth-order valence-corrected chi connectivity index (χ4v) is 1.43. The Morgan fingerprint density at radius 3 is 2.85 bits per heavy atom. The standard InChI is InChI=1S/C8H9FIN3/c9-6-2-1-5(3-7(6)10)4-13-8(11)12/h1-3H,4H2,(H4,11,12,13)/i9-1. The molecule has 0 aliphatic carbocycles. The van der Waals surface area contributed by atoms with Crippen molar-refractivity contribution < 1.29 is 4.39 Å². The molecule has 0 unspecified atom stereocenters. The van der Waals surface area contributed by atoms with E-state index in [0.717, 1.165) is 5.56 Å². The van der Waals surface area contributed by atoms with Gasteiger partial charge in [-0.2, -0.15) is 0 Å². The Balaban J connectivity index is 2.68. The van der Waals surface area contributed by atoms with E-state index < -0.39 is 0 Å². The zero-order valence-corrected chi connectivity index (χ0v) is 8.93. The molecule has 0 fully saturated rings. The number of nitrogens with two attached hydrogens (primary N) is 1. The summed E-state index contributed by atoms with van der Waals surface area (Å²) in [6.07, 6.45) is 0. The summed E-state index contributed by atoms with van der Waals surface area (Å²) >= 11 is 1.92. The molecule has 0 saturated heterocycles. The van der Waals surface area contributed by atoms with Gasteiger partial charge in [-0.15, -0.1) is 0 Å². The number of guanidine groups is 1. The number of rotatable bonds is 2. The summed E-state index contributed by atoms with van der Waals surface area (Å²) < 4.78 is 13.4. The van der Waals surface area contributed by atoms with Crippen molar-refractivity contribution in [2.75, 3.05) is 0 Å². The first-order valence-corrected chi connectivity index (χ1v) is 4.69. The lowest BCUT2D eigenvalue weighted by molar-refractivity contribution is 0.619. The maximum absolute atomic E-state index is 12.8. The van der Waals surface area contributed by atoms with Gasteiger partial charge in [0.25, 0.3) is 0 Å². The van der Waals surface area contributed by atoms with Crippen LogP contribution >= 0.6 is 22.6 Å². The Morgan fingerprint density at radius 2 is 2.31 bits per heavy atom. The average molecular weight is 292 g/mol. The molecule has 1 aromatic carbocycles. The molecule has 0 aliphatic heterocycles. The van der Waals surface area contributed by atoms with Gasteiger partial charge in [0, 0.05) is 10.1 Å². The first-order valence-electron chi connectivity index (χ1n) is 3.61. The molecule has 0 aromatic heterocycles. The lowest BCUT2D eigenvalue weighted by Crippen LogP contribution is -2.29. The molecule has 0 atom stereocenters. The maximum Gasteiger partial charge on any atom is 0.185 e. The molecule has 0 aliphatic rings. The second-order valence-corrected chi connectivity index (χ2v) is 3.68. The van der Waals surface area contributed by atoms with Gasteiger partial charge in [0.05, 0.1) is 0 Å². The van der Waals surface area contributed by atoms with Gasteiger partial charge in [-0.05, 0) is 40.3 Å². The zero-order valence-electron chi connectivity index (χ0n) is 6.77. The molecule has 3 nitrogen and oxygen atoms in total. The molecule has 5 heteroatoms. The number of hydrogen-bond donors (Lipinski definition) is 3. The Bertz CT molecular complexity index is 327. The van der Waals surface area contributed by atoms with Crippen LogP contribution in [0.4, 0.5) is 4.39 Å². The van der Waals surface area contributed by atoms with Crippen molar-refractivity contribution in [2.45, 2.75) is 6.54 Å². The molecule has 0 spiro atoms.